The van der Waals surface area contributed by atoms with Gasteiger partial charge in [-0.15, -0.1) is 11.3 Å². The second-order valence-corrected chi connectivity index (χ2v) is 10.5. The van der Waals surface area contributed by atoms with Crippen LogP contribution in [0.15, 0.2) is 63.9 Å². The van der Waals surface area contributed by atoms with Crippen molar-refractivity contribution in [1.29, 1.82) is 0 Å². The zero-order valence-corrected chi connectivity index (χ0v) is 21.2. The van der Waals surface area contributed by atoms with Crippen LogP contribution in [0, 0.1) is 12.8 Å². The Kier molecular flexibility index (Phi) is 7.80. The van der Waals surface area contributed by atoms with Crippen LogP contribution >= 0.6 is 23.1 Å². The molecule has 0 unspecified atom stereocenters. The average molecular weight is 493 g/mol. The Balaban J connectivity index is 1.46. The number of nitrogens with zero attached hydrogens (tertiary/aromatic N) is 3. The summed E-state index contributed by atoms with van der Waals surface area (Å²) in [6.07, 6.45) is 1.14. The van der Waals surface area contributed by atoms with Crippen molar-refractivity contribution in [3.63, 3.8) is 0 Å². The van der Waals surface area contributed by atoms with Crippen molar-refractivity contribution in [2.45, 2.75) is 51.1 Å². The lowest BCUT2D eigenvalue weighted by Crippen LogP contribution is -2.24. The molecule has 2 aromatic heterocycles. The molecule has 0 spiro atoms. The van der Waals surface area contributed by atoms with Gasteiger partial charge in [0.1, 0.15) is 5.01 Å². The normalized spacial score (nSPS) is 11.3. The quantitative estimate of drug-likeness (QED) is 0.240. The molecule has 0 radical (unpaired) electrons. The molecule has 0 bridgehead atoms. The van der Waals surface area contributed by atoms with E-state index in [1.54, 1.807) is 4.57 Å². The predicted molar refractivity (Wildman–Crippen MR) is 141 cm³/mol. The highest BCUT2D eigenvalue weighted by Crippen LogP contribution is 2.24. The van der Waals surface area contributed by atoms with Crippen molar-refractivity contribution >= 4 is 45.6 Å². The Labute approximate surface area is 207 Å². The number of rotatable bonds is 9. The molecule has 6 nitrogen and oxygen atoms in total. The van der Waals surface area contributed by atoms with Crippen LogP contribution < -0.4 is 10.9 Å². The van der Waals surface area contributed by atoms with Gasteiger partial charge in [-0.25, -0.2) is 9.97 Å². The Morgan fingerprint density at radius 1 is 1.12 bits per heavy atom. The number of hydrogen-bond donors (Lipinski definition) is 1. The summed E-state index contributed by atoms with van der Waals surface area (Å²) in [5, 5.41) is 7.05. The van der Waals surface area contributed by atoms with Gasteiger partial charge < -0.3 is 5.32 Å². The van der Waals surface area contributed by atoms with Crippen LogP contribution in [0.4, 0.5) is 5.69 Å². The first-order chi connectivity index (χ1) is 16.4. The number of thiazole rings is 1. The Bertz CT molecular complexity index is 1360. The lowest BCUT2D eigenvalue weighted by atomic mass is 10.1. The number of anilines is 1. The number of amides is 1. The molecule has 1 N–H and O–H groups in total. The van der Waals surface area contributed by atoms with Gasteiger partial charge in [-0.1, -0.05) is 55.9 Å². The minimum atomic E-state index is -0.0819. The highest BCUT2D eigenvalue weighted by Gasteiger charge is 2.14. The number of carbonyl (C=O) groups excluding carboxylic acids is 1. The molecule has 0 aliphatic heterocycles. The molecular formula is C26H28N4O2S2. The lowest BCUT2D eigenvalue weighted by Gasteiger charge is -2.14. The van der Waals surface area contributed by atoms with E-state index in [2.05, 4.69) is 24.1 Å². The fourth-order valence-electron chi connectivity index (χ4n) is 3.52. The third-order valence-corrected chi connectivity index (χ3v) is 7.34. The SMILES string of the molecule is Cc1ccccc1NC(=O)Cc1nc(CSc2nc3ccccc3c(=O)n2CCC(C)C)cs1. The first-order valence-corrected chi connectivity index (χ1v) is 13.2. The second-order valence-electron chi connectivity index (χ2n) is 8.61. The summed E-state index contributed by atoms with van der Waals surface area (Å²) >= 11 is 2.99. The molecule has 4 aromatic rings. The third kappa shape index (κ3) is 5.93. The third-order valence-electron chi connectivity index (χ3n) is 5.44. The highest BCUT2D eigenvalue weighted by atomic mass is 32.2. The molecule has 8 heteroatoms. The van der Waals surface area contributed by atoms with Gasteiger partial charge in [0.2, 0.25) is 5.91 Å². The maximum absolute atomic E-state index is 13.1. The van der Waals surface area contributed by atoms with E-state index in [4.69, 9.17) is 4.98 Å². The number of aromatic nitrogens is 3. The van der Waals surface area contributed by atoms with Crippen LogP contribution in [0.5, 0.6) is 0 Å². The molecule has 0 fully saturated rings. The average Bonchev–Trinajstić information content (AvgIpc) is 3.25. The maximum Gasteiger partial charge on any atom is 0.262 e. The van der Waals surface area contributed by atoms with Crippen molar-refractivity contribution in [2.24, 2.45) is 5.92 Å². The molecular weight excluding hydrogens is 464 g/mol. The van der Waals surface area contributed by atoms with E-state index in [-0.39, 0.29) is 17.9 Å². The molecule has 176 valence electrons. The van der Waals surface area contributed by atoms with Crippen LogP contribution in [0.1, 0.15) is 36.5 Å². The van der Waals surface area contributed by atoms with E-state index < -0.39 is 0 Å². The van der Waals surface area contributed by atoms with E-state index in [9.17, 15) is 9.59 Å². The molecule has 0 aliphatic rings. The van der Waals surface area contributed by atoms with Gasteiger partial charge in [-0.2, -0.15) is 0 Å². The number of benzene rings is 2. The Hall–Kier alpha value is -2.97. The number of nitrogens with one attached hydrogen (secondary N) is 1. The van der Waals surface area contributed by atoms with Crippen LogP contribution in [-0.4, -0.2) is 20.4 Å². The number of para-hydroxylation sites is 2. The highest BCUT2D eigenvalue weighted by molar-refractivity contribution is 7.98. The molecule has 0 saturated heterocycles. The second kappa shape index (κ2) is 11.0. The van der Waals surface area contributed by atoms with E-state index in [0.717, 1.165) is 28.4 Å². The van der Waals surface area contributed by atoms with Gasteiger partial charge in [0, 0.05) is 23.4 Å². The minimum Gasteiger partial charge on any atom is -0.325 e. The maximum atomic E-state index is 13.1. The first-order valence-electron chi connectivity index (χ1n) is 11.3. The fraction of sp³-hybridized carbons (Fsp3) is 0.308. The largest absolute Gasteiger partial charge is 0.325 e. The summed E-state index contributed by atoms with van der Waals surface area (Å²) in [5.41, 5.74) is 3.44. The van der Waals surface area contributed by atoms with Gasteiger partial charge >= 0.3 is 0 Å². The Morgan fingerprint density at radius 2 is 1.88 bits per heavy atom. The molecule has 1 amide bonds. The molecule has 0 aliphatic carbocycles. The van der Waals surface area contributed by atoms with Crippen LogP contribution in [0.25, 0.3) is 10.9 Å². The number of hydrogen-bond acceptors (Lipinski definition) is 6. The van der Waals surface area contributed by atoms with Gasteiger partial charge in [0.15, 0.2) is 5.16 Å². The molecule has 0 atom stereocenters. The summed E-state index contributed by atoms with van der Waals surface area (Å²) in [6, 6.07) is 15.2. The standard InChI is InChI=1S/C26H28N4O2S2/c1-17(2)12-13-30-25(32)20-9-5-7-11-22(20)29-26(30)34-16-19-15-33-24(27-19)14-23(31)28-21-10-6-4-8-18(21)3/h4-11,15,17H,12-14,16H2,1-3H3,(H,28,31). The summed E-state index contributed by atoms with van der Waals surface area (Å²) in [4.78, 5) is 35.0. The fourth-order valence-corrected chi connectivity index (χ4v) is 5.34. The first kappa shape index (κ1) is 24.2. The van der Waals surface area contributed by atoms with Crippen molar-refractivity contribution in [3.05, 3.63) is 80.5 Å². The summed E-state index contributed by atoms with van der Waals surface area (Å²) < 4.78 is 1.79. The van der Waals surface area contributed by atoms with E-state index in [1.807, 2.05) is 60.8 Å². The summed E-state index contributed by atoms with van der Waals surface area (Å²) in [7, 11) is 0. The lowest BCUT2D eigenvalue weighted by molar-refractivity contribution is -0.115. The molecule has 4 rings (SSSR count). The van der Waals surface area contributed by atoms with E-state index >= 15 is 0 Å². The number of aryl methyl sites for hydroxylation is 1. The Morgan fingerprint density at radius 3 is 2.68 bits per heavy atom. The van der Waals surface area contributed by atoms with Crippen molar-refractivity contribution in [2.75, 3.05) is 5.32 Å². The van der Waals surface area contributed by atoms with Gasteiger partial charge in [0.05, 0.1) is 23.0 Å². The van der Waals surface area contributed by atoms with Gasteiger partial charge in [-0.05, 0) is 43.0 Å². The number of carbonyl (C=O) groups is 1. The smallest absolute Gasteiger partial charge is 0.262 e. The number of fused-ring (bicyclic) bond motifs is 1. The topological polar surface area (TPSA) is 76.9 Å². The van der Waals surface area contributed by atoms with Gasteiger partial charge in [0.25, 0.3) is 5.56 Å². The summed E-state index contributed by atoms with van der Waals surface area (Å²) in [5.74, 6) is 0.993. The zero-order chi connectivity index (χ0) is 24.1. The van der Waals surface area contributed by atoms with Gasteiger partial charge in [-0.3, -0.25) is 14.2 Å². The van der Waals surface area contributed by atoms with E-state index in [1.165, 1.54) is 23.1 Å². The van der Waals surface area contributed by atoms with E-state index in [0.29, 0.717) is 34.3 Å². The van der Waals surface area contributed by atoms with Crippen molar-refractivity contribution in [1.82, 2.24) is 14.5 Å². The van der Waals surface area contributed by atoms with Crippen LogP contribution in [0.3, 0.4) is 0 Å². The minimum absolute atomic E-state index is 0.000549. The number of thioether (sulfide) groups is 1. The molecule has 2 aromatic carbocycles. The molecule has 2 heterocycles. The summed E-state index contributed by atoms with van der Waals surface area (Å²) in [6.45, 7) is 6.91. The zero-order valence-electron chi connectivity index (χ0n) is 19.6. The monoisotopic (exact) mass is 492 g/mol. The van der Waals surface area contributed by atoms with Crippen LogP contribution in [0.2, 0.25) is 0 Å². The van der Waals surface area contributed by atoms with Crippen molar-refractivity contribution < 1.29 is 4.79 Å². The predicted octanol–water partition coefficient (Wildman–Crippen LogP) is 5.68. The van der Waals surface area contributed by atoms with Crippen molar-refractivity contribution in [3.8, 4) is 0 Å². The molecule has 0 saturated carbocycles. The molecule has 34 heavy (non-hydrogen) atoms. The van der Waals surface area contributed by atoms with Crippen LogP contribution in [-0.2, 0) is 23.5 Å².